The van der Waals surface area contributed by atoms with Crippen LogP contribution in [0.1, 0.15) is 11.1 Å². The lowest BCUT2D eigenvalue weighted by Crippen LogP contribution is -2.05. The van der Waals surface area contributed by atoms with Crippen molar-refractivity contribution in [1.82, 2.24) is 9.78 Å². The first kappa shape index (κ1) is 17.2. The van der Waals surface area contributed by atoms with Crippen LogP contribution in [-0.4, -0.2) is 24.5 Å². The molecule has 0 radical (unpaired) electrons. The Hall–Kier alpha value is -2.67. The zero-order valence-corrected chi connectivity index (χ0v) is 14.4. The first-order valence-corrected chi connectivity index (χ1v) is 9.48. The van der Waals surface area contributed by atoms with Gasteiger partial charge >= 0.3 is 0 Å². The van der Waals surface area contributed by atoms with Crippen molar-refractivity contribution in [3.05, 3.63) is 77.9 Å². The van der Waals surface area contributed by atoms with E-state index in [1.807, 2.05) is 0 Å². The first-order valence-electron chi connectivity index (χ1n) is 7.59. The van der Waals surface area contributed by atoms with Crippen LogP contribution in [-0.2, 0) is 23.0 Å². The van der Waals surface area contributed by atoms with Crippen molar-refractivity contribution in [3.8, 4) is 5.75 Å². The van der Waals surface area contributed by atoms with Crippen molar-refractivity contribution in [2.45, 2.75) is 18.0 Å². The molecule has 0 bridgehead atoms. The van der Waals surface area contributed by atoms with E-state index in [2.05, 4.69) is 5.10 Å². The van der Waals surface area contributed by atoms with Gasteiger partial charge in [-0.05, 0) is 23.8 Å². The lowest BCUT2D eigenvalue weighted by atomic mass is 10.2. The molecule has 130 valence electrons. The Balaban J connectivity index is 1.67. The summed E-state index contributed by atoms with van der Waals surface area (Å²) in [5.74, 6) is 0.253. The molecule has 0 saturated heterocycles. The van der Waals surface area contributed by atoms with Gasteiger partial charge in [-0.1, -0.05) is 30.3 Å². The number of benzene rings is 2. The van der Waals surface area contributed by atoms with Gasteiger partial charge in [-0.25, -0.2) is 12.8 Å². The van der Waals surface area contributed by atoms with E-state index < -0.39 is 9.84 Å². The zero-order valence-electron chi connectivity index (χ0n) is 13.6. The fraction of sp³-hybridized carbons (Fsp3) is 0.167. The topological polar surface area (TPSA) is 61.2 Å². The molecular formula is C18H17FN2O3S. The van der Waals surface area contributed by atoms with Crippen molar-refractivity contribution in [2.75, 3.05) is 6.26 Å². The number of sulfone groups is 1. The molecule has 2 aromatic carbocycles. The first-order chi connectivity index (χ1) is 11.9. The summed E-state index contributed by atoms with van der Waals surface area (Å²) in [5.41, 5.74) is 1.51. The molecular weight excluding hydrogens is 343 g/mol. The third-order valence-corrected chi connectivity index (χ3v) is 4.83. The van der Waals surface area contributed by atoms with Crippen LogP contribution >= 0.6 is 0 Å². The maximum absolute atomic E-state index is 12.9. The third kappa shape index (κ3) is 4.45. The van der Waals surface area contributed by atoms with E-state index in [1.54, 1.807) is 53.5 Å². The maximum atomic E-state index is 12.9. The summed E-state index contributed by atoms with van der Waals surface area (Å²) < 4.78 is 43.8. The second-order valence-electron chi connectivity index (χ2n) is 5.67. The molecule has 0 unspecified atom stereocenters. The van der Waals surface area contributed by atoms with Crippen LogP contribution in [0.25, 0.3) is 0 Å². The van der Waals surface area contributed by atoms with E-state index in [1.165, 1.54) is 18.4 Å². The van der Waals surface area contributed by atoms with Gasteiger partial charge in [-0.2, -0.15) is 5.10 Å². The van der Waals surface area contributed by atoms with Crippen LogP contribution in [0, 0.1) is 5.82 Å². The molecule has 0 atom stereocenters. The minimum Gasteiger partial charge on any atom is -0.486 e. The Bertz CT molecular complexity index is 966. The molecule has 0 spiro atoms. The number of hydrogen-bond acceptors (Lipinski definition) is 4. The summed E-state index contributed by atoms with van der Waals surface area (Å²) in [6.45, 7) is 0.620. The fourth-order valence-corrected chi connectivity index (χ4v) is 3.36. The average molecular weight is 360 g/mol. The highest BCUT2D eigenvalue weighted by Crippen LogP contribution is 2.18. The second-order valence-corrected chi connectivity index (χ2v) is 7.65. The number of aromatic nitrogens is 2. The molecule has 0 amide bonds. The largest absolute Gasteiger partial charge is 0.486 e. The molecule has 3 rings (SSSR count). The van der Waals surface area contributed by atoms with Crippen LogP contribution < -0.4 is 4.74 Å². The van der Waals surface area contributed by atoms with Crippen LogP contribution in [0.15, 0.2) is 65.8 Å². The molecule has 25 heavy (non-hydrogen) atoms. The van der Waals surface area contributed by atoms with Gasteiger partial charge in [0.2, 0.25) is 0 Å². The smallest absolute Gasteiger partial charge is 0.175 e. The molecule has 0 aliphatic rings. The average Bonchev–Trinajstić information content (AvgIpc) is 3.02. The highest BCUT2D eigenvalue weighted by molar-refractivity contribution is 7.90. The van der Waals surface area contributed by atoms with Gasteiger partial charge in [-0.3, -0.25) is 4.68 Å². The maximum Gasteiger partial charge on any atom is 0.175 e. The predicted molar refractivity (Wildman–Crippen MR) is 91.6 cm³/mol. The summed E-state index contributed by atoms with van der Waals surface area (Å²) in [4.78, 5) is 0.258. The van der Waals surface area contributed by atoms with Crippen molar-refractivity contribution in [3.63, 3.8) is 0 Å². The van der Waals surface area contributed by atoms with Crippen molar-refractivity contribution < 1.29 is 17.5 Å². The van der Waals surface area contributed by atoms with Crippen molar-refractivity contribution in [2.24, 2.45) is 0 Å². The summed E-state index contributed by atoms with van der Waals surface area (Å²) >= 11 is 0. The van der Waals surface area contributed by atoms with Gasteiger partial charge in [0, 0.05) is 11.8 Å². The van der Waals surface area contributed by atoms with Gasteiger partial charge < -0.3 is 4.74 Å². The lowest BCUT2D eigenvalue weighted by Gasteiger charge is -2.08. The van der Waals surface area contributed by atoms with E-state index in [9.17, 15) is 12.8 Å². The highest BCUT2D eigenvalue weighted by Gasteiger charge is 2.13. The normalized spacial score (nSPS) is 11.4. The van der Waals surface area contributed by atoms with E-state index in [-0.39, 0.29) is 17.3 Å². The Labute approximate surface area is 145 Å². The summed E-state index contributed by atoms with van der Waals surface area (Å²) in [5, 5.41) is 4.20. The predicted octanol–water partition coefficient (Wildman–Crippen LogP) is 3.05. The number of ether oxygens (including phenoxy) is 1. The molecule has 1 heterocycles. The van der Waals surface area contributed by atoms with E-state index in [0.717, 1.165) is 5.56 Å². The van der Waals surface area contributed by atoms with Gasteiger partial charge in [-0.15, -0.1) is 0 Å². The van der Waals surface area contributed by atoms with Gasteiger partial charge in [0.05, 0.1) is 23.8 Å². The monoisotopic (exact) mass is 360 g/mol. The van der Waals surface area contributed by atoms with Crippen LogP contribution in [0.5, 0.6) is 5.75 Å². The number of halogens is 1. The number of hydrogen-bond donors (Lipinski definition) is 0. The quantitative estimate of drug-likeness (QED) is 0.678. The molecule has 0 aliphatic heterocycles. The Morgan fingerprint density at radius 3 is 2.56 bits per heavy atom. The molecule has 0 fully saturated rings. The van der Waals surface area contributed by atoms with Crippen LogP contribution in [0.2, 0.25) is 0 Å². The molecule has 3 aromatic rings. The third-order valence-electron chi connectivity index (χ3n) is 3.63. The van der Waals surface area contributed by atoms with Crippen molar-refractivity contribution in [1.29, 1.82) is 0 Å². The second kappa shape index (κ2) is 7.06. The van der Waals surface area contributed by atoms with E-state index >= 15 is 0 Å². The molecule has 0 saturated carbocycles. The molecule has 0 N–H and O–H groups in total. The van der Waals surface area contributed by atoms with Crippen LogP contribution in [0.3, 0.4) is 0 Å². The fourth-order valence-electron chi connectivity index (χ4n) is 2.43. The minimum absolute atomic E-state index is 0.130. The molecule has 5 nitrogen and oxygen atoms in total. The van der Waals surface area contributed by atoms with E-state index in [4.69, 9.17) is 4.74 Å². The SMILES string of the molecule is CS(=O)(=O)c1ccccc1COc1cnn(Cc2ccc(F)cc2)c1. The number of nitrogens with zero attached hydrogens (tertiary/aromatic N) is 2. The molecule has 1 aromatic heterocycles. The molecule has 7 heteroatoms. The summed E-state index contributed by atoms with van der Waals surface area (Å²) in [7, 11) is -3.31. The van der Waals surface area contributed by atoms with E-state index in [0.29, 0.717) is 17.9 Å². The van der Waals surface area contributed by atoms with Crippen molar-refractivity contribution >= 4 is 9.84 Å². The van der Waals surface area contributed by atoms with Crippen LogP contribution in [0.4, 0.5) is 4.39 Å². The van der Waals surface area contributed by atoms with Gasteiger partial charge in [0.15, 0.2) is 15.6 Å². The van der Waals surface area contributed by atoms with Gasteiger partial charge in [0.1, 0.15) is 12.4 Å². The molecule has 0 aliphatic carbocycles. The Morgan fingerprint density at radius 2 is 1.84 bits per heavy atom. The standard InChI is InChI=1S/C18H17FN2O3S/c1-25(22,23)18-5-3-2-4-15(18)13-24-17-10-20-21(12-17)11-14-6-8-16(19)9-7-14/h2-10,12H,11,13H2,1H3. The lowest BCUT2D eigenvalue weighted by molar-refractivity contribution is 0.302. The Kier molecular flexibility index (Phi) is 4.85. The van der Waals surface area contributed by atoms with Gasteiger partial charge in [0.25, 0.3) is 0 Å². The number of rotatable bonds is 6. The highest BCUT2D eigenvalue weighted by atomic mass is 32.2. The summed E-state index contributed by atoms with van der Waals surface area (Å²) in [6.07, 6.45) is 4.45. The summed E-state index contributed by atoms with van der Waals surface area (Å²) in [6, 6.07) is 12.9. The Morgan fingerprint density at radius 1 is 1.12 bits per heavy atom. The minimum atomic E-state index is -3.31. The zero-order chi connectivity index (χ0) is 17.9.